The van der Waals surface area contributed by atoms with Gasteiger partial charge in [-0.25, -0.2) is 0 Å². The van der Waals surface area contributed by atoms with Crippen molar-refractivity contribution >= 4 is 17.8 Å². The van der Waals surface area contributed by atoms with E-state index in [2.05, 4.69) is 5.32 Å². The quantitative estimate of drug-likeness (QED) is 0.599. The zero-order valence-electron chi connectivity index (χ0n) is 16.5. The fourth-order valence-electron chi connectivity index (χ4n) is 3.24. The van der Waals surface area contributed by atoms with Crippen molar-refractivity contribution in [2.45, 2.75) is 52.0 Å². The molecule has 1 heterocycles. The molecule has 2 N–H and O–H groups in total. The van der Waals surface area contributed by atoms with Gasteiger partial charge in [0.1, 0.15) is 5.75 Å². The van der Waals surface area contributed by atoms with Crippen LogP contribution in [0, 0.1) is 5.92 Å². The van der Waals surface area contributed by atoms with Crippen LogP contribution in [0.25, 0.3) is 0 Å². The average molecular weight is 390 g/mol. The number of nitrogens with one attached hydrogen (secondary N) is 1. The first-order valence-electron chi connectivity index (χ1n) is 9.98. The Morgan fingerprint density at radius 3 is 2.64 bits per heavy atom. The number of nitrogens with zero attached hydrogens (tertiary/aromatic N) is 1. The highest BCUT2D eigenvalue weighted by molar-refractivity contribution is 5.81. The normalized spacial score (nSPS) is 16.5. The first-order chi connectivity index (χ1) is 13.5. The molecule has 7 nitrogen and oxygen atoms in total. The molecule has 0 saturated carbocycles. The van der Waals surface area contributed by atoms with E-state index in [0.717, 1.165) is 31.4 Å². The first-order valence-corrected chi connectivity index (χ1v) is 9.98. The molecule has 2 amide bonds. The van der Waals surface area contributed by atoms with Gasteiger partial charge in [-0.1, -0.05) is 19.1 Å². The SMILES string of the molecule is CCCC(=O)N1CCCC(C(=O)NCc2ccc(OCCCC(=O)O)cc2)C1. The van der Waals surface area contributed by atoms with Gasteiger partial charge in [0.2, 0.25) is 11.8 Å². The standard InChI is InChI=1S/C21H30N2O5/c1-2-5-19(24)23-12-3-6-17(15-23)21(27)22-14-16-8-10-18(11-9-16)28-13-4-7-20(25)26/h8-11,17H,2-7,12-15H2,1H3,(H,22,27)(H,25,26). The van der Waals surface area contributed by atoms with Crippen LogP contribution in [0.4, 0.5) is 0 Å². The Morgan fingerprint density at radius 1 is 1.21 bits per heavy atom. The molecule has 0 radical (unpaired) electrons. The molecule has 0 aromatic heterocycles. The van der Waals surface area contributed by atoms with Crippen molar-refractivity contribution in [2.75, 3.05) is 19.7 Å². The highest BCUT2D eigenvalue weighted by atomic mass is 16.5. The van der Waals surface area contributed by atoms with Crippen LogP contribution >= 0.6 is 0 Å². The van der Waals surface area contributed by atoms with Gasteiger partial charge in [-0.2, -0.15) is 0 Å². The second kappa shape index (κ2) is 11.3. The molecule has 0 bridgehead atoms. The maximum atomic E-state index is 12.5. The highest BCUT2D eigenvalue weighted by Gasteiger charge is 2.27. The van der Waals surface area contributed by atoms with Gasteiger partial charge >= 0.3 is 5.97 Å². The maximum Gasteiger partial charge on any atom is 0.303 e. The zero-order chi connectivity index (χ0) is 20.4. The van der Waals surface area contributed by atoms with E-state index in [1.54, 1.807) is 0 Å². The molecule has 1 aliphatic heterocycles. The number of benzene rings is 1. The number of carbonyl (C=O) groups excluding carboxylic acids is 2. The summed E-state index contributed by atoms with van der Waals surface area (Å²) in [6, 6.07) is 7.39. The van der Waals surface area contributed by atoms with Gasteiger partial charge in [0.05, 0.1) is 12.5 Å². The van der Waals surface area contributed by atoms with Crippen molar-refractivity contribution in [2.24, 2.45) is 5.92 Å². The van der Waals surface area contributed by atoms with Crippen LogP contribution in [0.15, 0.2) is 24.3 Å². The summed E-state index contributed by atoms with van der Waals surface area (Å²) in [6.07, 6.45) is 3.59. The van der Waals surface area contributed by atoms with Gasteiger partial charge < -0.3 is 20.1 Å². The molecule has 28 heavy (non-hydrogen) atoms. The van der Waals surface area contributed by atoms with Crippen LogP contribution in [0.2, 0.25) is 0 Å². The van der Waals surface area contributed by atoms with Gasteiger partial charge in [0, 0.05) is 32.5 Å². The molecule has 0 spiro atoms. The molecule has 2 rings (SSSR count). The summed E-state index contributed by atoms with van der Waals surface area (Å²) < 4.78 is 5.50. The summed E-state index contributed by atoms with van der Waals surface area (Å²) in [7, 11) is 0. The van der Waals surface area contributed by atoms with Crippen LogP contribution in [-0.4, -0.2) is 47.5 Å². The number of piperidine rings is 1. The lowest BCUT2D eigenvalue weighted by atomic mass is 9.96. The lowest BCUT2D eigenvalue weighted by molar-refractivity contribution is -0.137. The van der Waals surface area contributed by atoms with E-state index < -0.39 is 5.97 Å². The van der Waals surface area contributed by atoms with Gasteiger partial charge in [-0.3, -0.25) is 14.4 Å². The molecular weight excluding hydrogens is 360 g/mol. The van der Waals surface area contributed by atoms with Crippen molar-refractivity contribution in [3.05, 3.63) is 29.8 Å². The van der Waals surface area contributed by atoms with Crippen LogP contribution in [-0.2, 0) is 20.9 Å². The Hall–Kier alpha value is -2.57. The highest BCUT2D eigenvalue weighted by Crippen LogP contribution is 2.18. The summed E-state index contributed by atoms with van der Waals surface area (Å²) in [4.78, 5) is 36.8. The summed E-state index contributed by atoms with van der Waals surface area (Å²) >= 11 is 0. The molecule has 1 atom stereocenters. The van der Waals surface area contributed by atoms with Crippen LogP contribution in [0.1, 0.15) is 51.0 Å². The van der Waals surface area contributed by atoms with Gasteiger partial charge in [-0.05, 0) is 43.4 Å². The van der Waals surface area contributed by atoms with Crippen LogP contribution in [0.5, 0.6) is 5.75 Å². The number of carbonyl (C=O) groups is 3. The topological polar surface area (TPSA) is 95.9 Å². The molecule has 7 heteroatoms. The predicted molar refractivity (Wildman–Crippen MR) is 105 cm³/mol. The summed E-state index contributed by atoms with van der Waals surface area (Å²) in [5, 5.41) is 11.6. The lowest BCUT2D eigenvalue weighted by Crippen LogP contribution is -2.45. The van der Waals surface area contributed by atoms with Crippen LogP contribution < -0.4 is 10.1 Å². The number of likely N-dealkylation sites (tertiary alicyclic amines) is 1. The molecule has 1 aromatic carbocycles. The number of amides is 2. The van der Waals surface area contributed by atoms with Gasteiger partial charge in [-0.15, -0.1) is 0 Å². The third-order valence-corrected chi connectivity index (χ3v) is 4.80. The average Bonchev–Trinajstić information content (AvgIpc) is 2.70. The van der Waals surface area contributed by atoms with E-state index in [0.29, 0.717) is 38.3 Å². The molecule has 1 fully saturated rings. The molecular formula is C21H30N2O5. The first kappa shape index (κ1) is 21.7. The third-order valence-electron chi connectivity index (χ3n) is 4.80. The van der Waals surface area contributed by atoms with Crippen molar-refractivity contribution in [1.82, 2.24) is 10.2 Å². The van der Waals surface area contributed by atoms with Gasteiger partial charge in [0.15, 0.2) is 0 Å². The summed E-state index contributed by atoms with van der Waals surface area (Å²) in [5.74, 6) is -0.170. The fourth-order valence-corrected chi connectivity index (χ4v) is 3.24. The van der Waals surface area contributed by atoms with Crippen molar-refractivity contribution in [1.29, 1.82) is 0 Å². The molecule has 1 aliphatic rings. The number of hydrogen-bond acceptors (Lipinski definition) is 4. The minimum Gasteiger partial charge on any atom is -0.494 e. The number of aliphatic carboxylic acids is 1. The molecule has 1 aromatic rings. The Kier molecular flexibility index (Phi) is 8.78. The second-order valence-electron chi connectivity index (χ2n) is 7.14. The monoisotopic (exact) mass is 390 g/mol. The Balaban J connectivity index is 1.74. The van der Waals surface area contributed by atoms with E-state index in [-0.39, 0.29) is 24.2 Å². The largest absolute Gasteiger partial charge is 0.494 e. The number of ether oxygens (including phenoxy) is 1. The number of carboxylic acids is 1. The Morgan fingerprint density at radius 2 is 1.96 bits per heavy atom. The molecule has 0 aliphatic carbocycles. The molecule has 1 saturated heterocycles. The molecule has 154 valence electrons. The van der Waals surface area contributed by atoms with E-state index in [4.69, 9.17) is 9.84 Å². The number of carboxylic acid groups (broad SMARTS) is 1. The summed E-state index contributed by atoms with van der Waals surface area (Å²) in [6.45, 7) is 4.03. The minimum atomic E-state index is -0.828. The predicted octanol–water partition coefficient (Wildman–Crippen LogP) is 2.59. The van der Waals surface area contributed by atoms with Crippen molar-refractivity contribution in [3.8, 4) is 5.75 Å². The number of hydrogen-bond donors (Lipinski definition) is 2. The van der Waals surface area contributed by atoms with E-state index in [9.17, 15) is 14.4 Å². The van der Waals surface area contributed by atoms with E-state index in [1.165, 1.54) is 0 Å². The van der Waals surface area contributed by atoms with E-state index in [1.807, 2.05) is 36.1 Å². The lowest BCUT2D eigenvalue weighted by Gasteiger charge is -2.32. The fraction of sp³-hybridized carbons (Fsp3) is 0.571. The number of rotatable bonds is 10. The Labute approximate surface area is 166 Å². The van der Waals surface area contributed by atoms with Gasteiger partial charge in [0.25, 0.3) is 0 Å². The molecule has 1 unspecified atom stereocenters. The third kappa shape index (κ3) is 7.21. The smallest absolute Gasteiger partial charge is 0.303 e. The zero-order valence-corrected chi connectivity index (χ0v) is 16.5. The minimum absolute atomic E-state index is 0.0111. The maximum absolute atomic E-state index is 12.5. The second-order valence-corrected chi connectivity index (χ2v) is 7.14. The van der Waals surface area contributed by atoms with Crippen molar-refractivity contribution < 1.29 is 24.2 Å². The summed E-state index contributed by atoms with van der Waals surface area (Å²) in [5.41, 5.74) is 0.959. The van der Waals surface area contributed by atoms with Crippen molar-refractivity contribution in [3.63, 3.8) is 0 Å². The Bertz CT molecular complexity index is 659. The van der Waals surface area contributed by atoms with E-state index >= 15 is 0 Å². The van der Waals surface area contributed by atoms with Crippen LogP contribution in [0.3, 0.4) is 0 Å².